The van der Waals surface area contributed by atoms with E-state index in [1.165, 1.54) is 24.7 Å². The van der Waals surface area contributed by atoms with Crippen molar-refractivity contribution in [3.8, 4) is 0 Å². The van der Waals surface area contributed by atoms with Crippen LogP contribution in [0.4, 0.5) is 4.79 Å². The fourth-order valence-electron chi connectivity index (χ4n) is 2.73. The average Bonchev–Trinajstić information content (AvgIpc) is 2.72. The van der Waals surface area contributed by atoms with Gasteiger partial charge in [0.15, 0.2) is 0 Å². The summed E-state index contributed by atoms with van der Waals surface area (Å²) in [5.41, 5.74) is -1.59. The van der Waals surface area contributed by atoms with Gasteiger partial charge in [0.2, 0.25) is 0 Å². The lowest BCUT2D eigenvalue weighted by molar-refractivity contribution is -0.131. The summed E-state index contributed by atoms with van der Waals surface area (Å²) in [6.45, 7) is 5.71. The predicted octanol–water partition coefficient (Wildman–Crippen LogP) is 0.331. The second kappa shape index (κ2) is 6.26. The number of amides is 3. The monoisotopic (exact) mass is 336 g/mol. The molecule has 0 saturated carbocycles. The zero-order valence-electron chi connectivity index (χ0n) is 14.8. The van der Waals surface area contributed by atoms with E-state index in [1.54, 1.807) is 6.92 Å². The molecule has 1 fully saturated rings. The molecule has 0 aromatic carbocycles. The highest BCUT2D eigenvalue weighted by Gasteiger charge is 2.47. The van der Waals surface area contributed by atoms with Gasteiger partial charge in [-0.1, -0.05) is 13.8 Å². The third kappa shape index (κ3) is 3.13. The van der Waals surface area contributed by atoms with Crippen molar-refractivity contribution < 1.29 is 9.59 Å². The molecule has 0 spiro atoms. The second-order valence-corrected chi connectivity index (χ2v) is 6.96. The highest BCUT2D eigenvalue weighted by molar-refractivity contribution is 6.06. The molecule has 1 aliphatic heterocycles. The number of carbonyl (C=O) groups is 2. The zero-order chi connectivity index (χ0) is 18.2. The standard InChI is InChI=1S/C16H24N4O4/c1-10(2)6-7-16(3)13(22)20(14(23)17-16)9-11-8-12(21)19(5)15(24)18(11)4/h8,10H,6-7,9H2,1-5H3,(H,17,23)/t16-/m0/s1. The minimum Gasteiger partial charge on any atom is -0.323 e. The first kappa shape index (κ1) is 18.0. The van der Waals surface area contributed by atoms with Crippen molar-refractivity contribution in [3.05, 3.63) is 32.6 Å². The fraction of sp³-hybridized carbons (Fsp3) is 0.625. The summed E-state index contributed by atoms with van der Waals surface area (Å²) in [4.78, 5) is 49.7. The third-order valence-corrected chi connectivity index (χ3v) is 4.51. The zero-order valence-corrected chi connectivity index (χ0v) is 14.8. The lowest BCUT2D eigenvalue weighted by Gasteiger charge is -2.22. The van der Waals surface area contributed by atoms with E-state index in [4.69, 9.17) is 0 Å². The Balaban J connectivity index is 2.28. The first-order valence-electron chi connectivity index (χ1n) is 7.97. The number of rotatable bonds is 5. The molecule has 0 radical (unpaired) electrons. The quantitative estimate of drug-likeness (QED) is 0.784. The molecule has 2 rings (SSSR count). The van der Waals surface area contributed by atoms with E-state index in [2.05, 4.69) is 19.2 Å². The molecule has 1 atom stereocenters. The van der Waals surface area contributed by atoms with Crippen LogP contribution in [0.15, 0.2) is 15.7 Å². The Hall–Kier alpha value is -2.38. The van der Waals surface area contributed by atoms with Crippen LogP contribution in [0.3, 0.4) is 0 Å². The van der Waals surface area contributed by atoms with Gasteiger partial charge in [0, 0.05) is 25.9 Å². The molecule has 0 bridgehead atoms. The molecule has 8 heteroatoms. The Kier molecular flexibility index (Phi) is 4.68. The van der Waals surface area contributed by atoms with Gasteiger partial charge in [-0.15, -0.1) is 0 Å². The molecular weight excluding hydrogens is 312 g/mol. The van der Waals surface area contributed by atoms with E-state index < -0.39 is 22.8 Å². The van der Waals surface area contributed by atoms with Crippen molar-refractivity contribution >= 4 is 11.9 Å². The summed E-state index contributed by atoms with van der Waals surface area (Å²) in [5.74, 6) is 0.0832. The van der Waals surface area contributed by atoms with Crippen LogP contribution in [-0.4, -0.2) is 31.5 Å². The van der Waals surface area contributed by atoms with E-state index >= 15 is 0 Å². The molecule has 1 aromatic rings. The van der Waals surface area contributed by atoms with E-state index in [0.717, 1.165) is 15.9 Å². The van der Waals surface area contributed by atoms with Crippen LogP contribution in [0.5, 0.6) is 0 Å². The largest absolute Gasteiger partial charge is 0.330 e. The van der Waals surface area contributed by atoms with Crippen molar-refractivity contribution in [1.29, 1.82) is 0 Å². The van der Waals surface area contributed by atoms with Crippen molar-refractivity contribution in [2.75, 3.05) is 0 Å². The van der Waals surface area contributed by atoms with Gasteiger partial charge < -0.3 is 5.32 Å². The lowest BCUT2D eigenvalue weighted by Crippen LogP contribution is -2.44. The summed E-state index contributed by atoms with van der Waals surface area (Å²) in [6.07, 6.45) is 1.35. The van der Waals surface area contributed by atoms with Gasteiger partial charge >= 0.3 is 11.7 Å². The normalized spacial score (nSPS) is 20.8. The van der Waals surface area contributed by atoms with Gasteiger partial charge in [-0.05, 0) is 25.7 Å². The number of aromatic nitrogens is 2. The first-order chi connectivity index (χ1) is 11.1. The Morgan fingerprint density at radius 1 is 1.12 bits per heavy atom. The molecule has 2 heterocycles. The van der Waals surface area contributed by atoms with Crippen LogP contribution in [0.25, 0.3) is 0 Å². The number of urea groups is 1. The minimum atomic E-state index is -0.944. The Morgan fingerprint density at radius 2 is 1.75 bits per heavy atom. The predicted molar refractivity (Wildman–Crippen MR) is 88.5 cm³/mol. The van der Waals surface area contributed by atoms with E-state index in [9.17, 15) is 19.2 Å². The summed E-state index contributed by atoms with van der Waals surface area (Å²) in [5, 5.41) is 2.73. The van der Waals surface area contributed by atoms with Gasteiger partial charge in [0.1, 0.15) is 5.54 Å². The van der Waals surface area contributed by atoms with Crippen LogP contribution in [-0.2, 0) is 25.4 Å². The molecular formula is C16H24N4O4. The molecule has 8 nitrogen and oxygen atoms in total. The van der Waals surface area contributed by atoms with Gasteiger partial charge in [-0.3, -0.25) is 23.6 Å². The number of imide groups is 1. The van der Waals surface area contributed by atoms with Gasteiger partial charge in [0.25, 0.3) is 11.5 Å². The number of nitrogens with one attached hydrogen (secondary N) is 1. The fourth-order valence-corrected chi connectivity index (χ4v) is 2.73. The molecule has 1 aromatic heterocycles. The third-order valence-electron chi connectivity index (χ3n) is 4.51. The molecule has 24 heavy (non-hydrogen) atoms. The highest BCUT2D eigenvalue weighted by atomic mass is 16.2. The van der Waals surface area contributed by atoms with Crippen LogP contribution in [0.2, 0.25) is 0 Å². The lowest BCUT2D eigenvalue weighted by atomic mass is 9.92. The van der Waals surface area contributed by atoms with E-state index in [-0.39, 0.29) is 12.5 Å². The summed E-state index contributed by atoms with van der Waals surface area (Å²) in [7, 11) is 2.89. The molecule has 3 amide bonds. The summed E-state index contributed by atoms with van der Waals surface area (Å²) < 4.78 is 2.24. The van der Waals surface area contributed by atoms with Crippen molar-refractivity contribution in [2.45, 2.75) is 45.7 Å². The second-order valence-electron chi connectivity index (χ2n) is 6.96. The van der Waals surface area contributed by atoms with Gasteiger partial charge in [0.05, 0.1) is 6.54 Å². The minimum absolute atomic E-state index is 0.107. The summed E-state index contributed by atoms with van der Waals surface area (Å²) in [6, 6.07) is 0.769. The van der Waals surface area contributed by atoms with Crippen molar-refractivity contribution in [2.24, 2.45) is 20.0 Å². The summed E-state index contributed by atoms with van der Waals surface area (Å²) >= 11 is 0. The smallest absolute Gasteiger partial charge is 0.323 e. The Morgan fingerprint density at radius 3 is 2.33 bits per heavy atom. The maximum absolute atomic E-state index is 12.7. The van der Waals surface area contributed by atoms with E-state index in [0.29, 0.717) is 18.0 Å². The molecule has 1 saturated heterocycles. The number of hydrogen-bond donors (Lipinski definition) is 1. The maximum Gasteiger partial charge on any atom is 0.330 e. The molecule has 1 aliphatic rings. The van der Waals surface area contributed by atoms with Crippen molar-refractivity contribution in [1.82, 2.24) is 19.4 Å². The van der Waals surface area contributed by atoms with E-state index in [1.807, 2.05) is 0 Å². The molecule has 0 aliphatic carbocycles. The first-order valence-corrected chi connectivity index (χ1v) is 7.97. The number of nitrogens with zero attached hydrogens (tertiary/aromatic N) is 3. The molecule has 0 unspecified atom stereocenters. The maximum atomic E-state index is 12.7. The van der Waals surface area contributed by atoms with Gasteiger partial charge in [-0.2, -0.15) is 0 Å². The van der Waals surface area contributed by atoms with Crippen molar-refractivity contribution in [3.63, 3.8) is 0 Å². The highest BCUT2D eigenvalue weighted by Crippen LogP contribution is 2.25. The van der Waals surface area contributed by atoms with Crippen LogP contribution < -0.4 is 16.6 Å². The molecule has 132 valence electrons. The van der Waals surface area contributed by atoms with Gasteiger partial charge in [-0.25, -0.2) is 9.59 Å². The number of carbonyl (C=O) groups excluding carboxylic acids is 2. The molecule has 1 N–H and O–H groups in total. The SMILES string of the molecule is CC(C)CC[C@]1(C)NC(=O)N(Cc2cc(=O)n(C)c(=O)n2C)C1=O. The average molecular weight is 336 g/mol. The topological polar surface area (TPSA) is 93.4 Å². The van der Waals surface area contributed by atoms with Crippen LogP contribution >= 0.6 is 0 Å². The Labute approximate surface area is 140 Å². The van der Waals surface area contributed by atoms with Crippen LogP contribution in [0, 0.1) is 5.92 Å². The number of hydrogen-bond acceptors (Lipinski definition) is 4. The van der Waals surface area contributed by atoms with Crippen LogP contribution in [0.1, 0.15) is 39.3 Å². The Bertz CT molecular complexity index is 792.